The molecule has 2 amide bonds. The largest absolute Gasteiger partial charge is 0.329 e. The van der Waals surface area contributed by atoms with E-state index in [0.717, 1.165) is 11.3 Å². The van der Waals surface area contributed by atoms with Crippen molar-refractivity contribution in [3.05, 3.63) is 29.6 Å². The number of thiazole rings is 1. The Hall–Kier alpha value is -2.21. The molecule has 0 unspecified atom stereocenters. The molecular weight excluding hydrogens is 262 g/mol. The molecule has 0 bridgehead atoms. The standard InChI is InChI=1S/C13H13N3O2S/c1-2-12(18)16-13-15-11(7-19-13)9-4-3-5-10(6-9)14-8-17/h3-8H,2H2,1H3,(H,14,17)(H,15,16,18). The molecule has 0 aliphatic carbocycles. The monoisotopic (exact) mass is 275 g/mol. The number of carbonyl (C=O) groups excluding carboxylic acids is 2. The van der Waals surface area contributed by atoms with Crippen molar-refractivity contribution in [3.63, 3.8) is 0 Å². The van der Waals surface area contributed by atoms with Crippen molar-refractivity contribution in [1.29, 1.82) is 0 Å². The minimum Gasteiger partial charge on any atom is -0.329 e. The Labute approximate surface area is 114 Å². The number of hydrogen-bond donors (Lipinski definition) is 2. The average Bonchev–Trinajstić information content (AvgIpc) is 2.88. The lowest BCUT2D eigenvalue weighted by Crippen LogP contribution is -2.08. The van der Waals surface area contributed by atoms with Gasteiger partial charge in [0.15, 0.2) is 5.13 Å². The number of aromatic nitrogens is 1. The maximum absolute atomic E-state index is 11.3. The van der Waals surface area contributed by atoms with Gasteiger partial charge in [0.1, 0.15) is 0 Å². The Kier molecular flexibility index (Phi) is 4.25. The molecule has 1 aromatic heterocycles. The number of benzene rings is 1. The van der Waals surface area contributed by atoms with Crippen LogP contribution in [0.25, 0.3) is 11.3 Å². The van der Waals surface area contributed by atoms with Gasteiger partial charge >= 0.3 is 0 Å². The quantitative estimate of drug-likeness (QED) is 0.824. The minimum atomic E-state index is -0.0581. The van der Waals surface area contributed by atoms with Gasteiger partial charge in [-0.1, -0.05) is 19.1 Å². The molecule has 19 heavy (non-hydrogen) atoms. The molecular formula is C13H13N3O2S. The van der Waals surface area contributed by atoms with Crippen molar-refractivity contribution >= 4 is 34.5 Å². The van der Waals surface area contributed by atoms with Gasteiger partial charge in [0.05, 0.1) is 5.69 Å². The van der Waals surface area contributed by atoms with E-state index in [1.807, 2.05) is 23.6 Å². The minimum absolute atomic E-state index is 0.0581. The van der Waals surface area contributed by atoms with Crippen LogP contribution < -0.4 is 10.6 Å². The first-order chi connectivity index (χ1) is 9.22. The molecule has 1 heterocycles. The van der Waals surface area contributed by atoms with Crippen LogP contribution in [0.5, 0.6) is 0 Å². The zero-order chi connectivity index (χ0) is 13.7. The molecule has 2 N–H and O–H groups in total. The Morgan fingerprint density at radius 2 is 2.32 bits per heavy atom. The van der Waals surface area contributed by atoms with Gasteiger partial charge in [0, 0.05) is 23.1 Å². The second-order valence-corrected chi connectivity index (χ2v) is 4.64. The van der Waals surface area contributed by atoms with Crippen LogP contribution in [0.15, 0.2) is 29.6 Å². The first-order valence-electron chi connectivity index (χ1n) is 5.79. The lowest BCUT2D eigenvalue weighted by Gasteiger charge is -2.01. The zero-order valence-corrected chi connectivity index (χ0v) is 11.2. The molecule has 5 nitrogen and oxygen atoms in total. The summed E-state index contributed by atoms with van der Waals surface area (Å²) >= 11 is 1.37. The van der Waals surface area contributed by atoms with Crippen molar-refractivity contribution in [2.75, 3.05) is 10.6 Å². The van der Waals surface area contributed by atoms with E-state index in [4.69, 9.17) is 0 Å². The van der Waals surface area contributed by atoms with Crippen LogP contribution >= 0.6 is 11.3 Å². The van der Waals surface area contributed by atoms with Crippen LogP contribution in [0.1, 0.15) is 13.3 Å². The van der Waals surface area contributed by atoms with E-state index in [0.29, 0.717) is 23.6 Å². The number of nitrogens with zero attached hydrogens (tertiary/aromatic N) is 1. The highest BCUT2D eigenvalue weighted by molar-refractivity contribution is 7.14. The molecule has 0 fully saturated rings. The third-order valence-electron chi connectivity index (χ3n) is 2.46. The summed E-state index contributed by atoms with van der Waals surface area (Å²) in [6.45, 7) is 1.79. The molecule has 0 aliphatic heterocycles. The molecule has 98 valence electrons. The van der Waals surface area contributed by atoms with Gasteiger partial charge in [-0.15, -0.1) is 11.3 Å². The Morgan fingerprint density at radius 1 is 1.47 bits per heavy atom. The Bertz CT molecular complexity index is 595. The van der Waals surface area contributed by atoms with E-state index in [-0.39, 0.29) is 5.91 Å². The third kappa shape index (κ3) is 3.38. The lowest BCUT2D eigenvalue weighted by atomic mass is 10.1. The fraction of sp³-hybridized carbons (Fsp3) is 0.154. The summed E-state index contributed by atoms with van der Waals surface area (Å²) in [5.41, 5.74) is 2.37. The SMILES string of the molecule is CCC(=O)Nc1nc(-c2cccc(NC=O)c2)cs1. The van der Waals surface area contributed by atoms with E-state index in [1.165, 1.54) is 11.3 Å². The van der Waals surface area contributed by atoms with Gasteiger partial charge in [-0.05, 0) is 12.1 Å². The molecule has 2 rings (SSSR count). The van der Waals surface area contributed by atoms with Crippen LogP contribution in [-0.2, 0) is 9.59 Å². The number of hydrogen-bond acceptors (Lipinski definition) is 4. The molecule has 0 atom stereocenters. The number of anilines is 2. The number of amides is 2. The van der Waals surface area contributed by atoms with Crippen molar-refractivity contribution < 1.29 is 9.59 Å². The first kappa shape index (κ1) is 13.2. The predicted octanol–water partition coefficient (Wildman–Crippen LogP) is 2.73. The second kappa shape index (κ2) is 6.10. The Morgan fingerprint density at radius 3 is 3.05 bits per heavy atom. The van der Waals surface area contributed by atoms with Crippen LogP contribution in [-0.4, -0.2) is 17.3 Å². The van der Waals surface area contributed by atoms with Gasteiger partial charge in [0.25, 0.3) is 0 Å². The molecule has 0 saturated heterocycles. The second-order valence-electron chi connectivity index (χ2n) is 3.78. The van der Waals surface area contributed by atoms with Crippen molar-refractivity contribution in [1.82, 2.24) is 4.98 Å². The van der Waals surface area contributed by atoms with Crippen molar-refractivity contribution in [2.45, 2.75) is 13.3 Å². The number of carbonyl (C=O) groups is 2. The summed E-state index contributed by atoms with van der Waals surface area (Å²) in [6, 6.07) is 7.36. The van der Waals surface area contributed by atoms with Crippen molar-refractivity contribution in [2.24, 2.45) is 0 Å². The molecule has 0 spiro atoms. The highest BCUT2D eigenvalue weighted by Gasteiger charge is 2.07. The average molecular weight is 275 g/mol. The third-order valence-corrected chi connectivity index (χ3v) is 3.21. The smallest absolute Gasteiger partial charge is 0.225 e. The van der Waals surface area contributed by atoms with Crippen LogP contribution in [0, 0.1) is 0 Å². The highest BCUT2D eigenvalue weighted by atomic mass is 32.1. The molecule has 0 saturated carbocycles. The fourth-order valence-corrected chi connectivity index (χ4v) is 2.24. The summed E-state index contributed by atoms with van der Waals surface area (Å²) < 4.78 is 0. The lowest BCUT2D eigenvalue weighted by molar-refractivity contribution is -0.115. The summed E-state index contributed by atoms with van der Waals surface area (Å²) in [5, 5.41) is 7.75. The molecule has 0 aliphatic rings. The van der Waals surface area contributed by atoms with E-state index in [1.54, 1.807) is 13.0 Å². The van der Waals surface area contributed by atoms with Gasteiger partial charge in [-0.2, -0.15) is 0 Å². The zero-order valence-electron chi connectivity index (χ0n) is 10.3. The van der Waals surface area contributed by atoms with E-state index in [2.05, 4.69) is 15.6 Å². The predicted molar refractivity (Wildman–Crippen MR) is 76.2 cm³/mol. The maximum Gasteiger partial charge on any atom is 0.225 e. The summed E-state index contributed by atoms with van der Waals surface area (Å²) in [6.07, 6.45) is 1.06. The normalized spacial score (nSPS) is 9.95. The first-order valence-corrected chi connectivity index (χ1v) is 6.67. The van der Waals surface area contributed by atoms with Gasteiger partial charge < -0.3 is 10.6 Å². The fourth-order valence-electron chi connectivity index (χ4n) is 1.51. The van der Waals surface area contributed by atoms with E-state index >= 15 is 0 Å². The Balaban J connectivity index is 2.20. The highest BCUT2D eigenvalue weighted by Crippen LogP contribution is 2.26. The summed E-state index contributed by atoms with van der Waals surface area (Å²) in [4.78, 5) is 26.0. The molecule has 0 radical (unpaired) electrons. The number of rotatable bonds is 5. The molecule has 2 aromatic rings. The summed E-state index contributed by atoms with van der Waals surface area (Å²) in [5.74, 6) is -0.0581. The maximum atomic E-state index is 11.3. The van der Waals surface area contributed by atoms with Crippen molar-refractivity contribution in [3.8, 4) is 11.3 Å². The van der Waals surface area contributed by atoms with Crippen LogP contribution in [0.3, 0.4) is 0 Å². The van der Waals surface area contributed by atoms with Gasteiger partial charge in [0.2, 0.25) is 12.3 Å². The molecule has 6 heteroatoms. The van der Waals surface area contributed by atoms with E-state index in [9.17, 15) is 9.59 Å². The number of nitrogens with one attached hydrogen (secondary N) is 2. The molecule has 1 aromatic carbocycles. The van der Waals surface area contributed by atoms with Gasteiger partial charge in [-0.25, -0.2) is 4.98 Å². The van der Waals surface area contributed by atoms with Crippen LogP contribution in [0.4, 0.5) is 10.8 Å². The summed E-state index contributed by atoms with van der Waals surface area (Å²) in [7, 11) is 0. The van der Waals surface area contributed by atoms with E-state index < -0.39 is 0 Å². The van der Waals surface area contributed by atoms with Gasteiger partial charge in [-0.3, -0.25) is 9.59 Å². The topological polar surface area (TPSA) is 71.1 Å². The van der Waals surface area contributed by atoms with Crippen LogP contribution in [0.2, 0.25) is 0 Å².